The molecule has 0 spiro atoms. The van der Waals surface area contributed by atoms with Crippen molar-refractivity contribution >= 4 is 0 Å². The van der Waals surface area contributed by atoms with Crippen LogP contribution in [0.1, 0.15) is 12.5 Å². The van der Waals surface area contributed by atoms with E-state index in [-0.39, 0.29) is 0 Å². The first-order valence-electron chi connectivity index (χ1n) is 3.89. The highest BCUT2D eigenvalue weighted by atomic mass is 19.2. The average molecular weight is 171 g/mol. The summed E-state index contributed by atoms with van der Waals surface area (Å²) in [7, 11) is 0. The van der Waals surface area contributed by atoms with Gasteiger partial charge in [0.2, 0.25) is 0 Å². The number of hydrogen-bond donors (Lipinski definition) is 1. The van der Waals surface area contributed by atoms with E-state index in [9.17, 15) is 8.78 Å². The fraction of sp³-hybridized carbons (Fsp3) is 0.333. The van der Waals surface area contributed by atoms with Crippen molar-refractivity contribution in [2.24, 2.45) is 0 Å². The van der Waals surface area contributed by atoms with E-state index >= 15 is 0 Å². The van der Waals surface area contributed by atoms with E-state index in [0.29, 0.717) is 12.1 Å². The van der Waals surface area contributed by atoms with Crippen LogP contribution in [-0.2, 0) is 6.54 Å². The summed E-state index contributed by atoms with van der Waals surface area (Å²) in [4.78, 5) is 0. The molecule has 0 fully saturated rings. The Morgan fingerprint density at radius 3 is 2.75 bits per heavy atom. The number of benzene rings is 1. The van der Waals surface area contributed by atoms with Gasteiger partial charge in [-0.25, -0.2) is 8.78 Å². The van der Waals surface area contributed by atoms with E-state index < -0.39 is 11.6 Å². The van der Waals surface area contributed by atoms with E-state index in [1.165, 1.54) is 6.07 Å². The van der Waals surface area contributed by atoms with E-state index in [1.807, 2.05) is 6.92 Å². The molecule has 0 atom stereocenters. The van der Waals surface area contributed by atoms with E-state index in [2.05, 4.69) is 5.32 Å². The van der Waals surface area contributed by atoms with Crippen LogP contribution in [0, 0.1) is 11.6 Å². The largest absolute Gasteiger partial charge is 0.313 e. The van der Waals surface area contributed by atoms with Gasteiger partial charge in [0.15, 0.2) is 11.6 Å². The topological polar surface area (TPSA) is 12.0 Å². The van der Waals surface area contributed by atoms with Crippen LogP contribution >= 0.6 is 0 Å². The summed E-state index contributed by atoms with van der Waals surface area (Å²) < 4.78 is 25.5. The molecule has 0 amide bonds. The Balaban J connectivity index is 2.78. The van der Waals surface area contributed by atoms with Crippen molar-refractivity contribution < 1.29 is 8.78 Å². The third kappa shape index (κ3) is 2.01. The summed E-state index contributed by atoms with van der Waals surface area (Å²) in [5.74, 6) is -1.54. The quantitative estimate of drug-likeness (QED) is 0.734. The number of rotatable bonds is 3. The molecule has 0 aliphatic carbocycles. The van der Waals surface area contributed by atoms with Crippen molar-refractivity contribution in [1.82, 2.24) is 5.32 Å². The molecule has 66 valence electrons. The minimum atomic E-state index is -0.787. The third-order valence-electron chi connectivity index (χ3n) is 1.60. The van der Waals surface area contributed by atoms with Crippen molar-refractivity contribution in [1.29, 1.82) is 0 Å². The van der Waals surface area contributed by atoms with Crippen LogP contribution in [0.5, 0.6) is 0 Å². The monoisotopic (exact) mass is 171 g/mol. The highest BCUT2D eigenvalue weighted by Crippen LogP contribution is 2.10. The summed E-state index contributed by atoms with van der Waals surface area (Å²) in [6, 6.07) is 4.19. The first-order valence-corrected chi connectivity index (χ1v) is 3.89. The van der Waals surface area contributed by atoms with Crippen molar-refractivity contribution in [2.75, 3.05) is 6.54 Å². The predicted octanol–water partition coefficient (Wildman–Crippen LogP) is 2.07. The molecule has 1 aromatic rings. The molecule has 0 aliphatic heterocycles. The second kappa shape index (κ2) is 4.16. The summed E-state index contributed by atoms with van der Waals surface area (Å²) in [6.07, 6.45) is 0. The van der Waals surface area contributed by atoms with Crippen molar-refractivity contribution in [2.45, 2.75) is 13.5 Å². The highest BCUT2D eigenvalue weighted by Gasteiger charge is 2.05. The Labute approximate surface area is 70.4 Å². The summed E-state index contributed by atoms with van der Waals surface area (Å²) in [6.45, 7) is 3.03. The molecule has 0 heterocycles. The van der Waals surface area contributed by atoms with Crippen LogP contribution in [0.25, 0.3) is 0 Å². The number of hydrogen-bond acceptors (Lipinski definition) is 1. The maximum absolute atomic E-state index is 12.9. The molecule has 3 heteroatoms. The van der Waals surface area contributed by atoms with Gasteiger partial charge in [-0.15, -0.1) is 0 Å². The van der Waals surface area contributed by atoms with Crippen LogP contribution in [0.4, 0.5) is 8.78 Å². The smallest absolute Gasteiger partial charge is 0.163 e. The van der Waals surface area contributed by atoms with Crippen LogP contribution in [0.15, 0.2) is 18.2 Å². The molecule has 1 aromatic carbocycles. The van der Waals surface area contributed by atoms with Crippen LogP contribution in [0.3, 0.4) is 0 Å². The first kappa shape index (κ1) is 9.13. The zero-order chi connectivity index (χ0) is 8.97. The van der Waals surface area contributed by atoms with E-state index in [0.717, 1.165) is 12.6 Å². The Morgan fingerprint density at radius 1 is 1.33 bits per heavy atom. The number of halogens is 2. The van der Waals surface area contributed by atoms with Crippen LogP contribution in [-0.4, -0.2) is 6.54 Å². The molecule has 0 aliphatic rings. The minimum absolute atomic E-state index is 0.372. The lowest BCUT2D eigenvalue weighted by Gasteiger charge is -2.03. The minimum Gasteiger partial charge on any atom is -0.313 e. The van der Waals surface area contributed by atoms with Gasteiger partial charge < -0.3 is 5.32 Å². The van der Waals surface area contributed by atoms with Gasteiger partial charge in [-0.3, -0.25) is 0 Å². The van der Waals surface area contributed by atoms with Gasteiger partial charge >= 0.3 is 0 Å². The van der Waals surface area contributed by atoms with Gasteiger partial charge in [-0.2, -0.15) is 0 Å². The fourth-order valence-corrected chi connectivity index (χ4v) is 0.945. The SMILES string of the molecule is CCNCc1cccc(F)c1F. The van der Waals surface area contributed by atoms with Gasteiger partial charge in [0.25, 0.3) is 0 Å². The fourth-order valence-electron chi connectivity index (χ4n) is 0.945. The lowest BCUT2D eigenvalue weighted by Crippen LogP contribution is -2.13. The Bertz CT molecular complexity index is 261. The standard InChI is InChI=1S/C9H11F2N/c1-2-12-6-7-4-3-5-8(10)9(7)11/h3-5,12H,2,6H2,1H3. The van der Waals surface area contributed by atoms with Gasteiger partial charge in [-0.1, -0.05) is 19.1 Å². The third-order valence-corrected chi connectivity index (χ3v) is 1.60. The average Bonchev–Trinajstić information content (AvgIpc) is 2.08. The Kier molecular flexibility index (Phi) is 3.17. The first-order chi connectivity index (χ1) is 5.75. The van der Waals surface area contributed by atoms with Gasteiger partial charge in [-0.05, 0) is 12.6 Å². The summed E-state index contributed by atoms with van der Waals surface area (Å²) >= 11 is 0. The maximum atomic E-state index is 12.9. The molecule has 12 heavy (non-hydrogen) atoms. The summed E-state index contributed by atoms with van der Waals surface area (Å²) in [5, 5.41) is 2.93. The van der Waals surface area contributed by atoms with Gasteiger partial charge in [0.05, 0.1) is 0 Å². The highest BCUT2D eigenvalue weighted by molar-refractivity contribution is 5.18. The van der Waals surface area contributed by atoms with Gasteiger partial charge in [0.1, 0.15) is 0 Å². The molecule has 1 rings (SSSR count). The molecule has 0 aromatic heterocycles. The van der Waals surface area contributed by atoms with E-state index in [4.69, 9.17) is 0 Å². The Morgan fingerprint density at radius 2 is 2.08 bits per heavy atom. The van der Waals surface area contributed by atoms with Crippen molar-refractivity contribution in [3.8, 4) is 0 Å². The molecule has 1 N–H and O–H groups in total. The van der Waals surface area contributed by atoms with Crippen molar-refractivity contribution in [3.63, 3.8) is 0 Å². The zero-order valence-corrected chi connectivity index (χ0v) is 6.90. The van der Waals surface area contributed by atoms with Gasteiger partial charge in [0, 0.05) is 12.1 Å². The molecular formula is C9H11F2N. The predicted molar refractivity (Wildman–Crippen MR) is 43.7 cm³/mol. The molecular weight excluding hydrogens is 160 g/mol. The van der Waals surface area contributed by atoms with Crippen LogP contribution < -0.4 is 5.32 Å². The Hall–Kier alpha value is -0.960. The maximum Gasteiger partial charge on any atom is 0.163 e. The normalized spacial score (nSPS) is 10.2. The second-order valence-corrected chi connectivity index (χ2v) is 2.49. The lowest BCUT2D eigenvalue weighted by molar-refractivity contribution is 0.494. The lowest BCUT2D eigenvalue weighted by atomic mass is 10.2. The molecule has 0 bridgehead atoms. The zero-order valence-electron chi connectivity index (χ0n) is 6.90. The molecule has 0 saturated carbocycles. The van der Waals surface area contributed by atoms with Crippen LogP contribution in [0.2, 0.25) is 0 Å². The molecule has 0 unspecified atom stereocenters. The van der Waals surface area contributed by atoms with Crippen molar-refractivity contribution in [3.05, 3.63) is 35.4 Å². The molecule has 1 nitrogen and oxygen atoms in total. The molecule has 0 radical (unpaired) electrons. The molecule has 0 saturated heterocycles. The van der Waals surface area contributed by atoms with E-state index in [1.54, 1.807) is 6.07 Å². The summed E-state index contributed by atoms with van der Waals surface area (Å²) in [5.41, 5.74) is 0.372. The number of nitrogens with one attached hydrogen (secondary N) is 1. The second-order valence-electron chi connectivity index (χ2n) is 2.49.